The number of urea groups is 1. The Kier molecular flexibility index (Phi) is 4.39. The molecular formula is C14H19N3O2. The van der Waals surface area contributed by atoms with E-state index in [-0.39, 0.29) is 18.5 Å². The Labute approximate surface area is 112 Å². The predicted octanol–water partition coefficient (Wildman–Crippen LogP) is 1.65. The van der Waals surface area contributed by atoms with Crippen molar-refractivity contribution in [1.82, 2.24) is 10.6 Å². The molecule has 0 spiro atoms. The fourth-order valence-electron chi connectivity index (χ4n) is 1.77. The van der Waals surface area contributed by atoms with E-state index >= 15 is 0 Å². The van der Waals surface area contributed by atoms with Crippen LogP contribution < -0.4 is 16.0 Å². The molecule has 5 nitrogen and oxygen atoms in total. The Balaban J connectivity index is 1.78. The Morgan fingerprint density at radius 3 is 2.68 bits per heavy atom. The number of rotatable bonds is 5. The molecule has 0 atom stereocenters. The molecule has 0 heterocycles. The van der Waals surface area contributed by atoms with Gasteiger partial charge in [-0.05, 0) is 30.9 Å². The van der Waals surface area contributed by atoms with E-state index in [0.717, 1.165) is 30.5 Å². The van der Waals surface area contributed by atoms with Crippen molar-refractivity contribution in [3.8, 4) is 0 Å². The molecule has 0 bridgehead atoms. The summed E-state index contributed by atoms with van der Waals surface area (Å²) in [5.74, 6) is -0.216. The molecule has 1 aromatic rings. The number of hydrogen-bond donors (Lipinski definition) is 3. The van der Waals surface area contributed by atoms with Crippen LogP contribution in [0.1, 0.15) is 25.3 Å². The smallest absolute Gasteiger partial charge is 0.315 e. The van der Waals surface area contributed by atoms with Gasteiger partial charge in [-0.25, -0.2) is 4.79 Å². The van der Waals surface area contributed by atoms with E-state index in [9.17, 15) is 9.59 Å². The molecule has 2 rings (SSSR count). The lowest BCUT2D eigenvalue weighted by Crippen LogP contribution is -2.40. The van der Waals surface area contributed by atoms with Crippen LogP contribution in [-0.2, 0) is 11.2 Å². The zero-order chi connectivity index (χ0) is 13.7. The predicted molar refractivity (Wildman–Crippen MR) is 74.0 cm³/mol. The molecule has 0 aliphatic heterocycles. The zero-order valence-corrected chi connectivity index (χ0v) is 11.0. The number of carbonyl (C=O) groups is 2. The molecule has 1 aromatic carbocycles. The lowest BCUT2D eigenvalue weighted by Gasteiger charge is -2.10. The van der Waals surface area contributed by atoms with Gasteiger partial charge in [0, 0.05) is 11.7 Å². The molecule has 0 radical (unpaired) electrons. The van der Waals surface area contributed by atoms with Crippen LogP contribution in [0.4, 0.5) is 10.5 Å². The average molecular weight is 261 g/mol. The highest BCUT2D eigenvalue weighted by molar-refractivity contribution is 5.94. The van der Waals surface area contributed by atoms with Gasteiger partial charge >= 0.3 is 6.03 Å². The van der Waals surface area contributed by atoms with Gasteiger partial charge in [0.05, 0.1) is 6.54 Å². The van der Waals surface area contributed by atoms with Gasteiger partial charge < -0.3 is 16.0 Å². The van der Waals surface area contributed by atoms with E-state index in [2.05, 4.69) is 16.0 Å². The van der Waals surface area contributed by atoms with E-state index in [1.54, 1.807) is 0 Å². The lowest BCUT2D eigenvalue weighted by molar-refractivity contribution is -0.115. The molecule has 19 heavy (non-hydrogen) atoms. The van der Waals surface area contributed by atoms with Gasteiger partial charge in [0.2, 0.25) is 5.91 Å². The number of benzene rings is 1. The molecular weight excluding hydrogens is 242 g/mol. The molecule has 1 aliphatic carbocycles. The first-order chi connectivity index (χ1) is 9.19. The molecule has 0 unspecified atom stereocenters. The average Bonchev–Trinajstić information content (AvgIpc) is 3.21. The van der Waals surface area contributed by atoms with Gasteiger partial charge in [0.15, 0.2) is 0 Å². The molecule has 0 saturated heterocycles. The van der Waals surface area contributed by atoms with E-state index < -0.39 is 0 Å². The topological polar surface area (TPSA) is 70.2 Å². The number of amides is 3. The minimum absolute atomic E-state index is 0.0173. The number of para-hydroxylation sites is 1. The maximum absolute atomic E-state index is 11.7. The Bertz CT molecular complexity index is 470. The molecule has 5 heteroatoms. The third kappa shape index (κ3) is 4.28. The second-order valence-corrected chi connectivity index (χ2v) is 4.66. The molecule has 1 aliphatic rings. The first kappa shape index (κ1) is 13.4. The molecule has 3 N–H and O–H groups in total. The summed E-state index contributed by atoms with van der Waals surface area (Å²) in [6.07, 6.45) is 2.92. The molecule has 3 amide bonds. The highest BCUT2D eigenvalue weighted by atomic mass is 16.2. The van der Waals surface area contributed by atoms with Crippen molar-refractivity contribution in [3.05, 3.63) is 29.8 Å². The minimum atomic E-state index is -0.276. The third-order valence-electron chi connectivity index (χ3n) is 2.99. The highest BCUT2D eigenvalue weighted by Crippen LogP contribution is 2.18. The largest absolute Gasteiger partial charge is 0.335 e. The number of hydrogen-bond acceptors (Lipinski definition) is 2. The Hall–Kier alpha value is -2.04. The van der Waals surface area contributed by atoms with Gasteiger partial charge in [-0.2, -0.15) is 0 Å². The maximum Gasteiger partial charge on any atom is 0.315 e. The highest BCUT2D eigenvalue weighted by Gasteiger charge is 2.23. The van der Waals surface area contributed by atoms with Crippen LogP contribution in [0, 0.1) is 0 Å². The van der Waals surface area contributed by atoms with Crippen LogP contribution in [0.15, 0.2) is 24.3 Å². The summed E-state index contributed by atoms with van der Waals surface area (Å²) in [7, 11) is 0. The maximum atomic E-state index is 11.7. The Morgan fingerprint density at radius 2 is 2.00 bits per heavy atom. The molecule has 1 saturated carbocycles. The Morgan fingerprint density at radius 1 is 1.26 bits per heavy atom. The number of aryl methyl sites for hydroxylation is 1. The van der Waals surface area contributed by atoms with Gasteiger partial charge in [-0.15, -0.1) is 0 Å². The van der Waals surface area contributed by atoms with E-state index in [4.69, 9.17) is 0 Å². The van der Waals surface area contributed by atoms with Gasteiger partial charge in [0.25, 0.3) is 0 Å². The first-order valence-corrected chi connectivity index (χ1v) is 6.61. The summed E-state index contributed by atoms with van der Waals surface area (Å²) in [4.78, 5) is 23.1. The van der Waals surface area contributed by atoms with E-state index in [1.807, 2.05) is 31.2 Å². The van der Waals surface area contributed by atoms with Gasteiger partial charge in [0.1, 0.15) is 0 Å². The van der Waals surface area contributed by atoms with Crippen LogP contribution in [0.3, 0.4) is 0 Å². The standard InChI is InChI=1S/C14H19N3O2/c1-2-10-5-3-4-6-12(10)17-13(18)9-15-14(19)16-11-7-8-11/h3-6,11H,2,7-9H2,1H3,(H,17,18)(H2,15,16,19). The summed E-state index contributed by atoms with van der Waals surface area (Å²) in [6.45, 7) is 2.02. The SMILES string of the molecule is CCc1ccccc1NC(=O)CNC(=O)NC1CC1. The van der Waals surface area contributed by atoms with Crippen molar-refractivity contribution in [1.29, 1.82) is 0 Å². The summed E-state index contributed by atoms with van der Waals surface area (Å²) in [5.41, 5.74) is 1.89. The van der Waals surface area contributed by atoms with Gasteiger partial charge in [-0.1, -0.05) is 25.1 Å². The molecule has 0 aromatic heterocycles. The summed E-state index contributed by atoms with van der Waals surface area (Å²) in [6, 6.07) is 7.67. The normalized spacial score (nSPS) is 13.7. The minimum Gasteiger partial charge on any atom is -0.335 e. The van der Waals surface area contributed by atoms with Crippen molar-refractivity contribution in [2.45, 2.75) is 32.2 Å². The van der Waals surface area contributed by atoms with Crippen LogP contribution in [0.25, 0.3) is 0 Å². The monoisotopic (exact) mass is 261 g/mol. The lowest BCUT2D eigenvalue weighted by atomic mass is 10.1. The fourth-order valence-corrected chi connectivity index (χ4v) is 1.77. The summed E-state index contributed by atoms with van der Waals surface area (Å²) in [5, 5.41) is 8.12. The molecule has 102 valence electrons. The number of nitrogens with one attached hydrogen (secondary N) is 3. The van der Waals surface area contributed by atoms with Crippen molar-refractivity contribution < 1.29 is 9.59 Å². The van der Waals surface area contributed by atoms with Crippen molar-refractivity contribution in [2.75, 3.05) is 11.9 Å². The number of carbonyl (C=O) groups excluding carboxylic acids is 2. The van der Waals surface area contributed by atoms with Gasteiger partial charge in [-0.3, -0.25) is 4.79 Å². The third-order valence-corrected chi connectivity index (χ3v) is 2.99. The zero-order valence-electron chi connectivity index (χ0n) is 11.0. The van der Waals surface area contributed by atoms with Crippen LogP contribution >= 0.6 is 0 Å². The second kappa shape index (κ2) is 6.22. The van der Waals surface area contributed by atoms with Crippen LogP contribution in [-0.4, -0.2) is 24.5 Å². The fraction of sp³-hybridized carbons (Fsp3) is 0.429. The summed E-state index contributed by atoms with van der Waals surface area (Å²) < 4.78 is 0. The summed E-state index contributed by atoms with van der Waals surface area (Å²) >= 11 is 0. The quantitative estimate of drug-likeness (QED) is 0.754. The van der Waals surface area contributed by atoms with E-state index in [0.29, 0.717) is 6.04 Å². The van der Waals surface area contributed by atoms with Crippen LogP contribution in [0.2, 0.25) is 0 Å². The second-order valence-electron chi connectivity index (χ2n) is 4.66. The van der Waals surface area contributed by atoms with Crippen molar-refractivity contribution in [3.63, 3.8) is 0 Å². The number of anilines is 1. The molecule has 1 fully saturated rings. The van der Waals surface area contributed by atoms with E-state index in [1.165, 1.54) is 0 Å². The first-order valence-electron chi connectivity index (χ1n) is 6.61. The van der Waals surface area contributed by atoms with Crippen LogP contribution in [0.5, 0.6) is 0 Å². The van der Waals surface area contributed by atoms with Crippen molar-refractivity contribution >= 4 is 17.6 Å². The van der Waals surface area contributed by atoms with Crippen molar-refractivity contribution in [2.24, 2.45) is 0 Å².